The molecule has 0 aliphatic heterocycles. The second kappa shape index (κ2) is 5.57. The number of hydrogen-bond acceptors (Lipinski definition) is 2. The van der Waals surface area contributed by atoms with Crippen molar-refractivity contribution in [3.05, 3.63) is 48.3 Å². The minimum absolute atomic E-state index is 0.149. The third-order valence-electron chi connectivity index (χ3n) is 2.85. The molecule has 106 valence electrons. The molecule has 0 bridgehead atoms. The van der Waals surface area contributed by atoms with E-state index in [4.69, 9.17) is 0 Å². The van der Waals surface area contributed by atoms with Crippen molar-refractivity contribution in [1.29, 1.82) is 0 Å². The number of halogens is 2. The summed E-state index contributed by atoms with van der Waals surface area (Å²) in [6.07, 6.45) is -1.41. The molecule has 0 saturated heterocycles. The van der Waals surface area contributed by atoms with Crippen molar-refractivity contribution in [3.8, 4) is 16.9 Å². The van der Waals surface area contributed by atoms with Crippen LogP contribution in [0.2, 0.25) is 0 Å². The van der Waals surface area contributed by atoms with E-state index in [1.807, 2.05) is 12.1 Å². The van der Waals surface area contributed by atoms with Gasteiger partial charge in [0.15, 0.2) is 0 Å². The molecule has 2 aromatic rings. The smallest absolute Gasteiger partial charge is 0.394 e. The normalized spacial score (nSPS) is 11.7. The van der Waals surface area contributed by atoms with E-state index in [0.29, 0.717) is 5.92 Å². The van der Waals surface area contributed by atoms with Crippen molar-refractivity contribution < 1.29 is 13.5 Å². The Morgan fingerprint density at radius 2 is 1.75 bits per heavy atom. The van der Waals surface area contributed by atoms with Crippen LogP contribution >= 0.6 is 0 Å². The number of pyridine rings is 1. The molecule has 0 fully saturated rings. The largest absolute Gasteiger partial charge is 0.433 e. The quantitative estimate of drug-likeness (QED) is 0.796. The van der Waals surface area contributed by atoms with Crippen LogP contribution in [0, 0.1) is 0 Å². The summed E-state index contributed by atoms with van der Waals surface area (Å²) in [5.74, 6) is 0.443. The van der Waals surface area contributed by atoms with Crippen molar-refractivity contribution in [2.45, 2.75) is 32.8 Å². The monoisotopic (exact) mass is 277 g/mol. The number of nitrogens with zero attached hydrogens (tertiary/aromatic N) is 1. The summed E-state index contributed by atoms with van der Waals surface area (Å²) in [4.78, 5) is 4.39. The van der Waals surface area contributed by atoms with Gasteiger partial charge in [0.05, 0.1) is 5.69 Å². The van der Waals surface area contributed by atoms with Gasteiger partial charge < -0.3 is 4.74 Å². The zero-order chi connectivity index (χ0) is 14.8. The minimum Gasteiger partial charge on any atom is -0.433 e. The number of ether oxygens (including phenoxy) is 1. The molecule has 0 N–H and O–H groups in total. The lowest BCUT2D eigenvalue weighted by Gasteiger charge is -2.14. The van der Waals surface area contributed by atoms with Gasteiger partial charge in [-0.3, -0.25) is 4.98 Å². The second-order valence-corrected chi connectivity index (χ2v) is 5.03. The minimum atomic E-state index is -3.17. The van der Waals surface area contributed by atoms with Gasteiger partial charge in [-0.05, 0) is 29.7 Å². The Hall–Kier alpha value is -1.97. The molecule has 2 nitrogen and oxygen atoms in total. The Bertz CT molecular complexity index is 574. The molecule has 20 heavy (non-hydrogen) atoms. The molecule has 1 aromatic carbocycles. The highest BCUT2D eigenvalue weighted by molar-refractivity contribution is 5.67. The Morgan fingerprint density at radius 3 is 2.30 bits per heavy atom. The van der Waals surface area contributed by atoms with Crippen LogP contribution in [0.4, 0.5) is 8.78 Å². The van der Waals surface area contributed by atoms with Crippen LogP contribution in [0.5, 0.6) is 5.75 Å². The second-order valence-electron chi connectivity index (χ2n) is 5.03. The van der Waals surface area contributed by atoms with Crippen LogP contribution in [0.25, 0.3) is 11.1 Å². The first-order valence-electron chi connectivity index (χ1n) is 6.49. The van der Waals surface area contributed by atoms with Gasteiger partial charge in [-0.1, -0.05) is 32.0 Å². The molecule has 0 radical (unpaired) electrons. The molecule has 0 amide bonds. The fourth-order valence-electron chi connectivity index (χ4n) is 2.03. The van der Waals surface area contributed by atoms with Crippen molar-refractivity contribution in [2.75, 3.05) is 0 Å². The van der Waals surface area contributed by atoms with Crippen molar-refractivity contribution >= 4 is 0 Å². The molecule has 1 heterocycles. The Balaban J connectivity index is 2.31. The van der Waals surface area contributed by atoms with E-state index in [2.05, 4.69) is 23.6 Å². The summed E-state index contributed by atoms with van der Waals surface area (Å²) < 4.78 is 30.1. The average molecular weight is 277 g/mol. The van der Waals surface area contributed by atoms with Crippen molar-refractivity contribution in [2.24, 2.45) is 0 Å². The van der Waals surface area contributed by atoms with E-state index in [9.17, 15) is 8.78 Å². The van der Waals surface area contributed by atoms with Gasteiger partial charge in [0.1, 0.15) is 5.75 Å². The van der Waals surface area contributed by atoms with Crippen molar-refractivity contribution in [1.82, 2.24) is 4.98 Å². The third-order valence-corrected chi connectivity index (χ3v) is 2.85. The van der Waals surface area contributed by atoms with Gasteiger partial charge >= 0.3 is 6.11 Å². The predicted molar refractivity (Wildman–Crippen MR) is 75.0 cm³/mol. The number of aromatic nitrogens is 1. The van der Waals surface area contributed by atoms with Crippen LogP contribution < -0.4 is 4.74 Å². The molecule has 2 rings (SSSR count). The summed E-state index contributed by atoms with van der Waals surface area (Å²) in [5, 5.41) is 0. The maximum atomic E-state index is 12.8. The zero-order valence-corrected chi connectivity index (χ0v) is 11.7. The standard InChI is InChI=1S/C16H17F2NO/c1-11(2)15-14(5-4-10-19-15)12-6-8-13(9-7-12)20-16(3,17)18/h4-11H,1-3H3. The first kappa shape index (κ1) is 14.4. The first-order chi connectivity index (χ1) is 9.37. The Morgan fingerprint density at radius 1 is 1.10 bits per heavy atom. The van der Waals surface area contributed by atoms with Gasteiger partial charge in [-0.2, -0.15) is 8.78 Å². The lowest BCUT2D eigenvalue weighted by atomic mass is 9.98. The van der Waals surface area contributed by atoms with E-state index in [0.717, 1.165) is 23.7 Å². The van der Waals surface area contributed by atoms with E-state index < -0.39 is 6.11 Å². The summed E-state index contributed by atoms with van der Waals surface area (Å²) >= 11 is 0. The van der Waals surface area contributed by atoms with Gasteiger partial charge in [0.25, 0.3) is 0 Å². The number of benzene rings is 1. The SMILES string of the molecule is CC(C)c1ncccc1-c1ccc(OC(C)(F)F)cc1. The van der Waals surface area contributed by atoms with Crippen LogP contribution in [0.3, 0.4) is 0 Å². The van der Waals surface area contributed by atoms with E-state index in [1.54, 1.807) is 30.5 Å². The maximum Gasteiger partial charge on any atom is 0.394 e. The third kappa shape index (κ3) is 3.53. The highest BCUT2D eigenvalue weighted by Crippen LogP contribution is 2.29. The van der Waals surface area contributed by atoms with Gasteiger partial charge in [0, 0.05) is 18.7 Å². The Labute approximate surface area is 117 Å². The molecule has 0 saturated carbocycles. The Kier molecular flexibility index (Phi) is 4.02. The van der Waals surface area contributed by atoms with Gasteiger partial charge in [-0.15, -0.1) is 0 Å². The van der Waals surface area contributed by atoms with Crippen LogP contribution in [-0.4, -0.2) is 11.1 Å². The fraction of sp³-hybridized carbons (Fsp3) is 0.312. The molecular formula is C16H17F2NO. The highest BCUT2D eigenvalue weighted by Gasteiger charge is 2.23. The van der Waals surface area contributed by atoms with Crippen LogP contribution in [0.1, 0.15) is 32.4 Å². The zero-order valence-electron chi connectivity index (χ0n) is 11.7. The average Bonchev–Trinajstić information content (AvgIpc) is 2.38. The lowest BCUT2D eigenvalue weighted by molar-refractivity contribution is -0.158. The van der Waals surface area contributed by atoms with Crippen LogP contribution in [-0.2, 0) is 0 Å². The molecule has 0 atom stereocenters. The van der Waals surface area contributed by atoms with Gasteiger partial charge in [-0.25, -0.2) is 0 Å². The molecular weight excluding hydrogens is 260 g/mol. The number of rotatable bonds is 4. The van der Waals surface area contributed by atoms with E-state index in [1.165, 1.54) is 0 Å². The predicted octanol–water partition coefficient (Wildman–Crippen LogP) is 4.86. The maximum absolute atomic E-state index is 12.8. The summed E-state index contributed by atoms with van der Waals surface area (Å²) in [5.41, 5.74) is 2.94. The molecule has 0 aliphatic carbocycles. The lowest BCUT2D eigenvalue weighted by Crippen LogP contribution is -2.18. The summed E-state index contributed by atoms with van der Waals surface area (Å²) in [6, 6.07) is 10.5. The fourth-order valence-corrected chi connectivity index (χ4v) is 2.03. The summed E-state index contributed by atoms with van der Waals surface area (Å²) in [7, 11) is 0. The first-order valence-corrected chi connectivity index (χ1v) is 6.49. The molecule has 0 aliphatic rings. The van der Waals surface area contributed by atoms with Crippen molar-refractivity contribution in [3.63, 3.8) is 0 Å². The molecule has 0 spiro atoms. The summed E-state index contributed by atoms with van der Waals surface area (Å²) in [6.45, 7) is 4.86. The molecule has 1 aromatic heterocycles. The van der Waals surface area contributed by atoms with E-state index in [-0.39, 0.29) is 5.75 Å². The number of hydrogen-bond donors (Lipinski definition) is 0. The molecule has 4 heteroatoms. The molecule has 0 unspecified atom stereocenters. The topological polar surface area (TPSA) is 22.1 Å². The van der Waals surface area contributed by atoms with E-state index >= 15 is 0 Å². The highest BCUT2D eigenvalue weighted by atomic mass is 19.3. The van der Waals surface area contributed by atoms with Gasteiger partial charge in [0.2, 0.25) is 0 Å². The number of alkyl halides is 2. The van der Waals surface area contributed by atoms with Crippen LogP contribution in [0.15, 0.2) is 42.6 Å².